The molecular formula is C20H26N4O3. The lowest BCUT2D eigenvalue weighted by atomic mass is 9.96. The van der Waals surface area contributed by atoms with E-state index in [1.54, 1.807) is 11.8 Å². The molecule has 1 saturated carbocycles. The summed E-state index contributed by atoms with van der Waals surface area (Å²) in [7, 11) is 0. The molecule has 0 aromatic heterocycles. The second-order valence-electron chi connectivity index (χ2n) is 7.95. The van der Waals surface area contributed by atoms with Crippen molar-refractivity contribution in [3.05, 3.63) is 29.8 Å². The lowest BCUT2D eigenvalue weighted by Gasteiger charge is -2.37. The third-order valence-electron chi connectivity index (χ3n) is 6.08. The maximum atomic E-state index is 12.7. The Labute approximate surface area is 159 Å². The molecule has 4 amide bonds. The maximum absolute atomic E-state index is 12.7. The molecule has 1 atom stereocenters. The van der Waals surface area contributed by atoms with Crippen LogP contribution >= 0.6 is 0 Å². The summed E-state index contributed by atoms with van der Waals surface area (Å²) in [5.74, 6) is -0.225. The molecule has 1 aromatic carbocycles. The van der Waals surface area contributed by atoms with Crippen LogP contribution in [0.3, 0.4) is 0 Å². The molecule has 1 N–H and O–H groups in total. The Hall–Kier alpha value is -2.57. The Balaban J connectivity index is 1.35. The van der Waals surface area contributed by atoms with Crippen LogP contribution in [0, 0.1) is 12.8 Å². The molecule has 27 heavy (non-hydrogen) atoms. The van der Waals surface area contributed by atoms with Crippen molar-refractivity contribution in [1.29, 1.82) is 0 Å². The minimum absolute atomic E-state index is 0.164. The SMILES string of the molecule is Cc1ccccc1N1CCN(C(=O)CN2C(=O)NC(C)(C3CC3)C2=O)CC1. The quantitative estimate of drug-likeness (QED) is 0.813. The van der Waals surface area contributed by atoms with Crippen LogP contribution in [0.25, 0.3) is 0 Å². The summed E-state index contributed by atoms with van der Waals surface area (Å²) >= 11 is 0. The number of rotatable bonds is 4. The first-order valence-corrected chi connectivity index (χ1v) is 9.62. The zero-order valence-electron chi connectivity index (χ0n) is 15.9. The van der Waals surface area contributed by atoms with Crippen LogP contribution in [0.4, 0.5) is 10.5 Å². The van der Waals surface area contributed by atoms with E-state index in [1.807, 2.05) is 12.1 Å². The Morgan fingerprint density at radius 1 is 1.15 bits per heavy atom. The zero-order chi connectivity index (χ0) is 19.2. The zero-order valence-corrected chi connectivity index (χ0v) is 15.9. The van der Waals surface area contributed by atoms with Crippen LogP contribution in [0.15, 0.2) is 24.3 Å². The van der Waals surface area contributed by atoms with Crippen LogP contribution in [-0.4, -0.2) is 65.9 Å². The van der Waals surface area contributed by atoms with Crippen molar-refractivity contribution in [3.8, 4) is 0 Å². The van der Waals surface area contributed by atoms with E-state index in [2.05, 4.69) is 29.3 Å². The number of nitrogens with zero attached hydrogens (tertiary/aromatic N) is 3. The molecule has 3 fully saturated rings. The second-order valence-corrected chi connectivity index (χ2v) is 7.95. The number of hydrogen-bond acceptors (Lipinski definition) is 4. The summed E-state index contributed by atoms with van der Waals surface area (Å²) in [5.41, 5.74) is 1.58. The number of para-hydroxylation sites is 1. The van der Waals surface area contributed by atoms with Gasteiger partial charge in [-0.25, -0.2) is 4.79 Å². The molecule has 1 unspecified atom stereocenters. The normalized spacial score (nSPS) is 25.8. The van der Waals surface area contributed by atoms with Gasteiger partial charge in [0.2, 0.25) is 5.91 Å². The molecule has 4 rings (SSSR count). The van der Waals surface area contributed by atoms with Gasteiger partial charge < -0.3 is 15.1 Å². The summed E-state index contributed by atoms with van der Waals surface area (Å²) in [6, 6.07) is 7.78. The number of carbonyl (C=O) groups excluding carboxylic acids is 3. The molecular weight excluding hydrogens is 344 g/mol. The maximum Gasteiger partial charge on any atom is 0.325 e. The van der Waals surface area contributed by atoms with Gasteiger partial charge in [0.05, 0.1) is 0 Å². The minimum atomic E-state index is -0.832. The van der Waals surface area contributed by atoms with Crippen molar-refractivity contribution in [1.82, 2.24) is 15.1 Å². The molecule has 144 valence electrons. The largest absolute Gasteiger partial charge is 0.368 e. The van der Waals surface area contributed by atoms with E-state index >= 15 is 0 Å². The average Bonchev–Trinajstić information content (AvgIpc) is 3.48. The number of anilines is 1. The van der Waals surface area contributed by atoms with Gasteiger partial charge in [0.25, 0.3) is 5.91 Å². The fourth-order valence-corrected chi connectivity index (χ4v) is 4.15. The topological polar surface area (TPSA) is 73.0 Å². The van der Waals surface area contributed by atoms with E-state index in [1.165, 1.54) is 11.3 Å². The van der Waals surface area contributed by atoms with Gasteiger partial charge in [-0.05, 0) is 44.2 Å². The summed E-state index contributed by atoms with van der Waals surface area (Å²) in [5, 5.41) is 2.79. The molecule has 0 radical (unpaired) electrons. The van der Waals surface area contributed by atoms with Crippen molar-refractivity contribution in [3.63, 3.8) is 0 Å². The van der Waals surface area contributed by atoms with Crippen LogP contribution in [0.5, 0.6) is 0 Å². The van der Waals surface area contributed by atoms with E-state index in [4.69, 9.17) is 0 Å². The fourth-order valence-electron chi connectivity index (χ4n) is 4.15. The van der Waals surface area contributed by atoms with Gasteiger partial charge in [-0.3, -0.25) is 14.5 Å². The van der Waals surface area contributed by atoms with E-state index in [-0.39, 0.29) is 24.3 Å². The first-order valence-electron chi connectivity index (χ1n) is 9.62. The van der Waals surface area contributed by atoms with Crippen molar-refractivity contribution >= 4 is 23.5 Å². The van der Waals surface area contributed by atoms with Crippen molar-refractivity contribution in [2.45, 2.75) is 32.2 Å². The fraction of sp³-hybridized carbons (Fsp3) is 0.550. The first kappa shape index (κ1) is 17.8. The van der Waals surface area contributed by atoms with E-state index in [0.29, 0.717) is 13.1 Å². The van der Waals surface area contributed by atoms with Crippen molar-refractivity contribution < 1.29 is 14.4 Å². The molecule has 1 aliphatic carbocycles. The van der Waals surface area contributed by atoms with Crippen LogP contribution in [0.2, 0.25) is 0 Å². The summed E-state index contributed by atoms with van der Waals surface area (Å²) in [4.78, 5) is 42.7. The Kier molecular flexibility index (Phi) is 4.32. The number of urea groups is 1. The number of piperazine rings is 1. The molecule has 2 saturated heterocycles. The standard InChI is InChI=1S/C20H26N4O3/c1-14-5-3-4-6-16(14)22-9-11-23(12-10-22)17(25)13-24-18(26)20(2,15-7-8-15)21-19(24)27/h3-6,15H,7-13H2,1-2H3,(H,21,27). The number of amides is 4. The highest BCUT2D eigenvalue weighted by molar-refractivity contribution is 6.09. The smallest absolute Gasteiger partial charge is 0.325 e. The highest BCUT2D eigenvalue weighted by Crippen LogP contribution is 2.42. The molecule has 2 aliphatic heterocycles. The number of aryl methyl sites for hydroxylation is 1. The van der Waals surface area contributed by atoms with Gasteiger partial charge in [-0.15, -0.1) is 0 Å². The summed E-state index contributed by atoms with van der Waals surface area (Å²) in [6.45, 7) is 6.37. The second kappa shape index (κ2) is 6.55. The Morgan fingerprint density at radius 3 is 2.44 bits per heavy atom. The predicted molar refractivity (Wildman–Crippen MR) is 101 cm³/mol. The minimum Gasteiger partial charge on any atom is -0.368 e. The number of nitrogens with one attached hydrogen (secondary N) is 1. The third-order valence-corrected chi connectivity index (χ3v) is 6.08. The molecule has 3 aliphatic rings. The lowest BCUT2D eigenvalue weighted by Crippen LogP contribution is -2.52. The molecule has 7 heteroatoms. The van der Waals surface area contributed by atoms with Gasteiger partial charge in [0.1, 0.15) is 12.1 Å². The van der Waals surface area contributed by atoms with Gasteiger partial charge in [-0.1, -0.05) is 18.2 Å². The number of carbonyl (C=O) groups is 3. The Morgan fingerprint density at radius 2 is 1.81 bits per heavy atom. The van der Waals surface area contributed by atoms with E-state index in [0.717, 1.165) is 30.8 Å². The number of imide groups is 1. The lowest BCUT2D eigenvalue weighted by molar-refractivity contribution is -0.139. The average molecular weight is 370 g/mol. The van der Waals surface area contributed by atoms with E-state index < -0.39 is 11.6 Å². The van der Waals surface area contributed by atoms with Gasteiger partial charge >= 0.3 is 6.03 Å². The van der Waals surface area contributed by atoms with Crippen molar-refractivity contribution in [2.75, 3.05) is 37.6 Å². The Bertz CT molecular complexity index is 783. The first-order chi connectivity index (χ1) is 12.9. The molecule has 0 bridgehead atoms. The highest BCUT2D eigenvalue weighted by atomic mass is 16.2. The molecule has 0 spiro atoms. The molecule has 1 aromatic rings. The van der Waals surface area contributed by atoms with Gasteiger partial charge in [0.15, 0.2) is 0 Å². The van der Waals surface area contributed by atoms with Crippen LogP contribution in [-0.2, 0) is 9.59 Å². The highest BCUT2D eigenvalue weighted by Gasteiger charge is 2.56. The third kappa shape index (κ3) is 3.15. The molecule has 7 nitrogen and oxygen atoms in total. The molecule has 2 heterocycles. The van der Waals surface area contributed by atoms with Crippen LogP contribution < -0.4 is 10.2 Å². The summed E-state index contributed by atoms with van der Waals surface area (Å²) < 4.78 is 0. The van der Waals surface area contributed by atoms with Gasteiger partial charge in [-0.2, -0.15) is 0 Å². The predicted octanol–water partition coefficient (Wildman–Crippen LogP) is 1.36. The van der Waals surface area contributed by atoms with E-state index in [9.17, 15) is 14.4 Å². The summed E-state index contributed by atoms with van der Waals surface area (Å²) in [6.07, 6.45) is 1.90. The number of benzene rings is 1. The van der Waals surface area contributed by atoms with Gasteiger partial charge in [0, 0.05) is 31.9 Å². The van der Waals surface area contributed by atoms with Crippen LogP contribution in [0.1, 0.15) is 25.3 Å². The van der Waals surface area contributed by atoms with Crippen molar-refractivity contribution in [2.24, 2.45) is 5.92 Å². The number of hydrogen-bond donors (Lipinski definition) is 1. The monoisotopic (exact) mass is 370 g/mol.